The Morgan fingerprint density at radius 2 is 1.52 bits per heavy atom. The molecule has 0 radical (unpaired) electrons. The number of ether oxygens (including phenoxy) is 3. The molecule has 0 fully saturated rings. The van der Waals surface area contributed by atoms with Crippen LogP contribution in [0.25, 0.3) is 10.8 Å². The Morgan fingerprint density at radius 3 is 2.27 bits per heavy atom. The number of aliphatic carboxylic acids is 1. The molecule has 0 atom stereocenters. The lowest BCUT2D eigenvalue weighted by Crippen LogP contribution is -2.29. The average Bonchev–Trinajstić information content (AvgIpc) is 3.03. The van der Waals surface area contributed by atoms with Crippen molar-refractivity contribution in [1.82, 2.24) is 15.0 Å². The average molecular weight is 595 g/mol. The van der Waals surface area contributed by atoms with Gasteiger partial charge in [-0.05, 0) is 52.7 Å². The van der Waals surface area contributed by atoms with Gasteiger partial charge in [0.1, 0.15) is 17.2 Å². The van der Waals surface area contributed by atoms with E-state index in [4.69, 9.17) is 14.2 Å². The van der Waals surface area contributed by atoms with Gasteiger partial charge in [0.2, 0.25) is 11.9 Å². The van der Waals surface area contributed by atoms with Crippen LogP contribution in [0, 0.1) is 0 Å². The standard InChI is InChI=1S/C32H30N6O6/c1-42-24-14-11-21(12-15-24)20-38(18-17-28(39)40)30-34-29(35-31(41)33-26-9-5-6-10-27(26)43-2)36-32(37-30)44-25-16-13-22-7-3-4-8-23(22)19-25/h3-16,19H,17-18,20H2,1-2H3,(H,39,40)(H2,33,34,35,36,37,41). The number of carbonyl (C=O) groups excluding carboxylic acids is 1. The van der Waals surface area contributed by atoms with Gasteiger partial charge in [-0.1, -0.05) is 54.6 Å². The lowest BCUT2D eigenvalue weighted by Gasteiger charge is -2.23. The molecule has 44 heavy (non-hydrogen) atoms. The van der Waals surface area contributed by atoms with Crippen molar-refractivity contribution in [3.05, 3.63) is 96.6 Å². The number of carbonyl (C=O) groups is 2. The van der Waals surface area contributed by atoms with Crippen LogP contribution in [0.1, 0.15) is 12.0 Å². The van der Waals surface area contributed by atoms with Gasteiger partial charge in [0.05, 0.1) is 26.3 Å². The molecular weight excluding hydrogens is 564 g/mol. The summed E-state index contributed by atoms with van der Waals surface area (Å²) in [5.41, 5.74) is 1.30. The first-order chi connectivity index (χ1) is 21.4. The summed E-state index contributed by atoms with van der Waals surface area (Å²) in [5, 5.41) is 16.8. The van der Waals surface area contributed by atoms with Gasteiger partial charge in [-0.15, -0.1) is 0 Å². The number of nitrogens with one attached hydrogen (secondary N) is 2. The van der Waals surface area contributed by atoms with E-state index in [0.717, 1.165) is 16.3 Å². The van der Waals surface area contributed by atoms with E-state index in [1.165, 1.54) is 7.11 Å². The lowest BCUT2D eigenvalue weighted by molar-refractivity contribution is -0.136. The van der Waals surface area contributed by atoms with Gasteiger partial charge in [-0.3, -0.25) is 10.1 Å². The van der Waals surface area contributed by atoms with Crippen molar-refractivity contribution in [2.75, 3.05) is 36.3 Å². The Morgan fingerprint density at radius 1 is 0.795 bits per heavy atom. The fraction of sp³-hybridized carbons (Fsp3) is 0.156. The predicted molar refractivity (Wildman–Crippen MR) is 166 cm³/mol. The number of anilines is 3. The monoisotopic (exact) mass is 594 g/mol. The molecule has 12 heteroatoms. The van der Waals surface area contributed by atoms with Crippen molar-refractivity contribution in [3.8, 4) is 23.3 Å². The highest BCUT2D eigenvalue weighted by Crippen LogP contribution is 2.27. The highest BCUT2D eigenvalue weighted by Gasteiger charge is 2.19. The third-order valence-electron chi connectivity index (χ3n) is 6.52. The van der Waals surface area contributed by atoms with Gasteiger partial charge in [-0.25, -0.2) is 4.79 Å². The maximum atomic E-state index is 13.0. The second kappa shape index (κ2) is 13.8. The first-order valence-electron chi connectivity index (χ1n) is 13.6. The molecule has 0 aliphatic carbocycles. The van der Waals surface area contributed by atoms with Gasteiger partial charge in [0, 0.05) is 13.1 Å². The van der Waals surface area contributed by atoms with Gasteiger partial charge in [0.15, 0.2) is 0 Å². The molecule has 0 saturated carbocycles. The van der Waals surface area contributed by atoms with E-state index in [-0.39, 0.29) is 37.4 Å². The van der Waals surface area contributed by atoms with Crippen LogP contribution in [0.5, 0.6) is 23.3 Å². The minimum atomic E-state index is -0.985. The van der Waals surface area contributed by atoms with E-state index < -0.39 is 12.0 Å². The van der Waals surface area contributed by atoms with Crippen molar-refractivity contribution in [2.45, 2.75) is 13.0 Å². The molecule has 0 aliphatic heterocycles. The first kappa shape index (κ1) is 29.6. The number of rotatable bonds is 12. The number of urea groups is 1. The molecule has 0 spiro atoms. The molecule has 1 heterocycles. The highest BCUT2D eigenvalue weighted by molar-refractivity contribution is 5.99. The van der Waals surface area contributed by atoms with E-state index in [1.54, 1.807) is 42.3 Å². The van der Waals surface area contributed by atoms with Crippen LogP contribution < -0.4 is 29.7 Å². The number of benzene rings is 4. The summed E-state index contributed by atoms with van der Waals surface area (Å²) in [6.45, 7) is 0.344. The fourth-order valence-corrected chi connectivity index (χ4v) is 4.36. The van der Waals surface area contributed by atoms with Crippen LogP contribution in [-0.2, 0) is 11.3 Å². The maximum Gasteiger partial charge on any atom is 0.328 e. The van der Waals surface area contributed by atoms with E-state index >= 15 is 0 Å². The normalized spacial score (nSPS) is 10.6. The molecule has 5 aromatic rings. The number of aromatic nitrogens is 3. The number of fused-ring (bicyclic) bond motifs is 1. The predicted octanol–water partition coefficient (Wildman–Crippen LogP) is 5.96. The smallest absolute Gasteiger partial charge is 0.328 e. The first-order valence-corrected chi connectivity index (χ1v) is 13.6. The Balaban J connectivity index is 1.48. The summed E-state index contributed by atoms with van der Waals surface area (Å²) in [4.78, 5) is 39.5. The number of methoxy groups -OCH3 is 2. The summed E-state index contributed by atoms with van der Waals surface area (Å²) < 4.78 is 16.6. The zero-order valence-corrected chi connectivity index (χ0v) is 24.1. The van der Waals surface area contributed by atoms with Gasteiger partial charge >= 0.3 is 18.0 Å². The van der Waals surface area contributed by atoms with Crippen molar-refractivity contribution in [1.29, 1.82) is 0 Å². The second-order valence-corrected chi connectivity index (χ2v) is 9.55. The number of carboxylic acids is 1. The molecule has 0 aliphatic rings. The molecule has 0 saturated heterocycles. The molecule has 224 valence electrons. The van der Waals surface area contributed by atoms with E-state index in [2.05, 4.69) is 25.6 Å². The molecule has 5 rings (SSSR count). The summed E-state index contributed by atoms with van der Waals surface area (Å²) in [7, 11) is 3.08. The summed E-state index contributed by atoms with van der Waals surface area (Å²) in [6.07, 6.45) is -0.181. The Labute approximate surface area is 253 Å². The summed E-state index contributed by atoms with van der Waals surface area (Å²) >= 11 is 0. The summed E-state index contributed by atoms with van der Waals surface area (Å²) in [6, 6.07) is 26.9. The van der Waals surface area contributed by atoms with Crippen molar-refractivity contribution in [2.24, 2.45) is 0 Å². The molecule has 0 bridgehead atoms. The zero-order valence-electron chi connectivity index (χ0n) is 24.1. The molecule has 0 unspecified atom stereocenters. The highest BCUT2D eigenvalue weighted by atomic mass is 16.5. The number of carboxylic acid groups (broad SMARTS) is 1. The number of hydrogen-bond donors (Lipinski definition) is 3. The van der Waals surface area contributed by atoms with Gasteiger partial charge < -0.3 is 29.5 Å². The Kier molecular flexibility index (Phi) is 9.30. The molecular formula is C32H30N6O6. The number of amides is 2. The molecule has 12 nitrogen and oxygen atoms in total. The molecule has 3 N–H and O–H groups in total. The summed E-state index contributed by atoms with van der Waals surface area (Å²) in [5.74, 6) is 0.649. The quantitative estimate of drug-likeness (QED) is 0.158. The topological polar surface area (TPSA) is 148 Å². The van der Waals surface area contributed by atoms with Crippen LogP contribution in [0.4, 0.5) is 22.4 Å². The molecule has 2 amide bonds. The molecule has 1 aromatic heterocycles. The minimum absolute atomic E-state index is 0.0770. The van der Waals surface area contributed by atoms with Crippen molar-refractivity contribution < 1.29 is 28.9 Å². The third-order valence-corrected chi connectivity index (χ3v) is 6.52. The number of nitrogens with zero attached hydrogens (tertiary/aromatic N) is 4. The van der Waals surface area contributed by atoms with E-state index in [1.807, 2.05) is 60.7 Å². The van der Waals surface area contributed by atoms with Crippen LogP contribution in [0.15, 0.2) is 91.0 Å². The SMILES string of the molecule is COc1ccc(CN(CCC(=O)O)c2nc(NC(=O)Nc3ccccc3OC)nc(Oc3ccc4ccccc4c3)n2)cc1. The van der Waals surface area contributed by atoms with Crippen LogP contribution in [0.2, 0.25) is 0 Å². The number of hydrogen-bond acceptors (Lipinski definition) is 9. The third kappa shape index (κ3) is 7.68. The lowest BCUT2D eigenvalue weighted by atomic mass is 10.1. The zero-order chi connectivity index (χ0) is 30.9. The fourth-order valence-electron chi connectivity index (χ4n) is 4.36. The van der Waals surface area contributed by atoms with Crippen molar-refractivity contribution >= 4 is 40.4 Å². The van der Waals surface area contributed by atoms with Gasteiger partial charge in [-0.2, -0.15) is 15.0 Å². The number of para-hydroxylation sites is 2. The minimum Gasteiger partial charge on any atom is -0.497 e. The van der Waals surface area contributed by atoms with Crippen LogP contribution >= 0.6 is 0 Å². The van der Waals surface area contributed by atoms with Crippen molar-refractivity contribution in [3.63, 3.8) is 0 Å². The second-order valence-electron chi connectivity index (χ2n) is 9.55. The van der Waals surface area contributed by atoms with Crippen LogP contribution in [-0.4, -0.2) is 52.8 Å². The van der Waals surface area contributed by atoms with Crippen LogP contribution in [0.3, 0.4) is 0 Å². The van der Waals surface area contributed by atoms with E-state index in [9.17, 15) is 14.7 Å². The Hall–Kier alpha value is -5.91. The van der Waals surface area contributed by atoms with Gasteiger partial charge in [0.25, 0.3) is 0 Å². The molecule has 4 aromatic carbocycles. The largest absolute Gasteiger partial charge is 0.497 e. The van der Waals surface area contributed by atoms with E-state index in [0.29, 0.717) is 22.9 Å². The maximum absolute atomic E-state index is 13.0. The Bertz CT molecular complexity index is 1760.